The van der Waals surface area contributed by atoms with Crippen molar-refractivity contribution in [2.45, 2.75) is 25.7 Å². The molecular formula is C16H34N4O2S. The third kappa shape index (κ3) is 17.4. The molecular weight excluding hydrogens is 312 g/mol. The Balaban J connectivity index is 3.37. The van der Waals surface area contributed by atoms with Gasteiger partial charge >= 0.3 is 0 Å². The summed E-state index contributed by atoms with van der Waals surface area (Å²) in [6.07, 6.45) is 2.99. The molecule has 0 heterocycles. The molecule has 0 saturated carbocycles. The lowest BCUT2D eigenvalue weighted by Crippen LogP contribution is -2.28. The Hall–Kier alpha value is -0.790. The lowest BCUT2D eigenvalue weighted by atomic mass is 10.4. The average molecular weight is 347 g/mol. The summed E-state index contributed by atoms with van der Waals surface area (Å²) in [7, 11) is 8.10. The minimum atomic E-state index is 0.101. The van der Waals surface area contributed by atoms with E-state index in [-0.39, 0.29) is 11.8 Å². The standard InChI is InChI=1S/C16H34N4O2S/c1-19(2)11-5-9-17-15(21)7-13-23-14-8-16(22)18-10-6-12-20(3)4/h5-14H2,1-4H3,(H,17,21)(H,18,22). The molecule has 0 spiro atoms. The topological polar surface area (TPSA) is 64.7 Å². The van der Waals surface area contributed by atoms with E-state index in [0.29, 0.717) is 12.8 Å². The van der Waals surface area contributed by atoms with E-state index in [4.69, 9.17) is 0 Å². The molecule has 0 aliphatic rings. The molecule has 0 radical (unpaired) electrons. The van der Waals surface area contributed by atoms with Crippen LogP contribution in [-0.2, 0) is 9.59 Å². The molecule has 23 heavy (non-hydrogen) atoms. The van der Waals surface area contributed by atoms with Crippen molar-refractivity contribution in [2.24, 2.45) is 0 Å². The molecule has 6 nitrogen and oxygen atoms in total. The highest BCUT2D eigenvalue weighted by atomic mass is 32.2. The Morgan fingerprint density at radius 1 is 0.783 bits per heavy atom. The fourth-order valence-corrected chi connectivity index (χ4v) is 2.72. The average Bonchev–Trinajstić information content (AvgIpc) is 2.47. The summed E-state index contributed by atoms with van der Waals surface area (Å²) in [4.78, 5) is 27.4. The second kappa shape index (κ2) is 14.8. The molecule has 0 aromatic carbocycles. The second-order valence-electron chi connectivity index (χ2n) is 6.13. The molecule has 7 heteroatoms. The zero-order valence-corrected chi connectivity index (χ0v) is 16.0. The van der Waals surface area contributed by atoms with Gasteiger partial charge in [0.25, 0.3) is 0 Å². The Morgan fingerprint density at radius 3 is 1.52 bits per heavy atom. The molecule has 0 bridgehead atoms. The lowest BCUT2D eigenvalue weighted by Gasteiger charge is -2.10. The summed E-state index contributed by atoms with van der Waals surface area (Å²) in [6, 6.07) is 0. The maximum atomic E-state index is 11.6. The van der Waals surface area contributed by atoms with Crippen LogP contribution in [0.25, 0.3) is 0 Å². The van der Waals surface area contributed by atoms with Gasteiger partial charge in [0.1, 0.15) is 0 Å². The first-order chi connectivity index (χ1) is 10.9. The molecule has 0 aromatic heterocycles. The number of thioether (sulfide) groups is 1. The zero-order chi connectivity index (χ0) is 17.5. The smallest absolute Gasteiger partial charge is 0.220 e. The van der Waals surface area contributed by atoms with E-state index in [1.54, 1.807) is 11.8 Å². The fraction of sp³-hybridized carbons (Fsp3) is 0.875. The predicted molar refractivity (Wildman–Crippen MR) is 98.9 cm³/mol. The second-order valence-corrected chi connectivity index (χ2v) is 7.35. The third-order valence-electron chi connectivity index (χ3n) is 3.16. The predicted octanol–water partition coefficient (Wildman–Crippen LogP) is 0.636. The maximum absolute atomic E-state index is 11.6. The summed E-state index contributed by atoms with van der Waals surface area (Å²) >= 11 is 1.66. The van der Waals surface area contributed by atoms with Crippen molar-refractivity contribution in [3.63, 3.8) is 0 Å². The number of nitrogens with one attached hydrogen (secondary N) is 2. The molecule has 0 saturated heterocycles. The van der Waals surface area contributed by atoms with Crippen molar-refractivity contribution in [3.05, 3.63) is 0 Å². The summed E-state index contributed by atoms with van der Waals surface area (Å²) in [5.41, 5.74) is 0. The van der Waals surface area contributed by atoms with Crippen LogP contribution in [0.2, 0.25) is 0 Å². The Morgan fingerprint density at radius 2 is 1.17 bits per heavy atom. The van der Waals surface area contributed by atoms with E-state index in [1.165, 1.54) is 0 Å². The van der Waals surface area contributed by atoms with Crippen molar-refractivity contribution < 1.29 is 9.59 Å². The maximum Gasteiger partial charge on any atom is 0.220 e. The highest BCUT2D eigenvalue weighted by molar-refractivity contribution is 7.99. The Kier molecular flexibility index (Phi) is 14.3. The largest absolute Gasteiger partial charge is 0.356 e. The van der Waals surface area contributed by atoms with Crippen molar-refractivity contribution in [2.75, 3.05) is 65.9 Å². The van der Waals surface area contributed by atoms with Crippen molar-refractivity contribution in [1.29, 1.82) is 0 Å². The normalized spacial score (nSPS) is 11.0. The van der Waals surface area contributed by atoms with Crippen LogP contribution in [0.15, 0.2) is 0 Å². The first-order valence-electron chi connectivity index (χ1n) is 8.32. The van der Waals surface area contributed by atoms with Crippen LogP contribution in [0.4, 0.5) is 0 Å². The van der Waals surface area contributed by atoms with Crippen molar-refractivity contribution in [1.82, 2.24) is 20.4 Å². The number of rotatable bonds is 14. The van der Waals surface area contributed by atoms with E-state index >= 15 is 0 Å². The number of carbonyl (C=O) groups is 2. The SMILES string of the molecule is CN(C)CCCNC(=O)CCSCCC(=O)NCCCN(C)C. The minimum absolute atomic E-state index is 0.101. The summed E-state index contributed by atoms with van der Waals surface area (Å²) in [5, 5.41) is 5.84. The Labute approximate surface area is 145 Å². The van der Waals surface area contributed by atoms with Crippen LogP contribution >= 0.6 is 11.8 Å². The van der Waals surface area contributed by atoms with Crippen LogP contribution in [0.5, 0.6) is 0 Å². The van der Waals surface area contributed by atoms with Gasteiger partial charge in [-0.2, -0.15) is 11.8 Å². The van der Waals surface area contributed by atoms with Gasteiger partial charge in [0.15, 0.2) is 0 Å². The van der Waals surface area contributed by atoms with E-state index in [2.05, 4.69) is 20.4 Å². The number of amides is 2. The summed E-state index contributed by atoms with van der Waals surface area (Å²) in [6.45, 7) is 3.44. The monoisotopic (exact) mass is 346 g/mol. The van der Waals surface area contributed by atoms with Gasteiger partial charge in [-0.05, 0) is 54.1 Å². The van der Waals surface area contributed by atoms with Gasteiger partial charge in [-0.1, -0.05) is 0 Å². The van der Waals surface area contributed by atoms with Gasteiger partial charge in [0.05, 0.1) is 0 Å². The number of carbonyl (C=O) groups excluding carboxylic acids is 2. The van der Waals surface area contributed by atoms with Gasteiger partial charge in [0.2, 0.25) is 11.8 Å². The first kappa shape index (κ1) is 22.2. The van der Waals surface area contributed by atoms with E-state index in [1.807, 2.05) is 28.2 Å². The van der Waals surface area contributed by atoms with E-state index < -0.39 is 0 Å². The van der Waals surface area contributed by atoms with Crippen molar-refractivity contribution >= 4 is 23.6 Å². The molecule has 0 unspecified atom stereocenters. The first-order valence-corrected chi connectivity index (χ1v) is 9.48. The van der Waals surface area contributed by atoms with Gasteiger partial charge in [-0.15, -0.1) is 0 Å². The van der Waals surface area contributed by atoms with Crippen molar-refractivity contribution in [3.8, 4) is 0 Å². The molecule has 0 aliphatic heterocycles. The van der Waals surface area contributed by atoms with Gasteiger partial charge < -0.3 is 20.4 Å². The fourth-order valence-electron chi connectivity index (χ4n) is 1.85. The molecule has 0 atom stereocenters. The van der Waals surface area contributed by atoms with Gasteiger partial charge in [0, 0.05) is 37.4 Å². The molecule has 0 aliphatic carbocycles. The van der Waals surface area contributed by atoms with Gasteiger partial charge in [-0.3, -0.25) is 9.59 Å². The molecule has 2 amide bonds. The molecule has 0 fully saturated rings. The van der Waals surface area contributed by atoms with E-state index in [0.717, 1.165) is 50.5 Å². The third-order valence-corrected chi connectivity index (χ3v) is 4.14. The zero-order valence-electron chi connectivity index (χ0n) is 15.2. The minimum Gasteiger partial charge on any atom is -0.356 e. The summed E-state index contributed by atoms with van der Waals surface area (Å²) in [5.74, 6) is 1.75. The quantitative estimate of drug-likeness (QED) is 0.452. The molecule has 0 aromatic rings. The molecule has 0 rings (SSSR count). The van der Waals surface area contributed by atoms with Crippen LogP contribution in [-0.4, -0.2) is 87.5 Å². The summed E-state index contributed by atoms with van der Waals surface area (Å²) < 4.78 is 0. The number of hydrogen-bond acceptors (Lipinski definition) is 5. The van der Waals surface area contributed by atoms with Crippen LogP contribution < -0.4 is 10.6 Å². The molecule has 2 N–H and O–H groups in total. The number of nitrogens with zero attached hydrogens (tertiary/aromatic N) is 2. The van der Waals surface area contributed by atoms with Crippen LogP contribution in [0, 0.1) is 0 Å². The van der Waals surface area contributed by atoms with Crippen LogP contribution in [0.1, 0.15) is 25.7 Å². The van der Waals surface area contributed by atoms with E-state index in [9.17, 15) is 9.59 Å². The number of hydrogen-bond donors (Lipinski definition) is 2. The Bertz CT molecular complexity index is 295. The molecule has 136 valence electrons. The lowest BCUT2D eigenvalue weighted by molar-refractivity contribution is -0.121. The van der Waals surface area contributed by atoms with Gasteiger partial charge in [-0.25, -0.2) is 0 Å². The highest BCUT2D eigenvalue weighted by Crippen LogP contribution is 2.04. The van der Waals surface area contributed by atoms with Crippen LogP contribution in [0.3, 0.4) is 0 Å². The highest BCUT2D eigenvalue weighted by Gasteiger charge is 2.03.